The number of allylic oxidation sites excluding steroid dienone is 1. The number of aromatic nitrogens is 2. The number of rotatable bonds is 5. The predicted octanol–water partition coefficient (Wildman–Crippen LogP) is 3.27. The maximum atomic E-state index is 12.5. The Bertz CT molecular complexity index is 558. The van der Waals surface area contributed by atoms with Crippen molar-refractivity contribution >= 4 is 11.7 Å². The summed E-state index contributed by atoms with van der Waals surface area (Å²) >= 11 is 0. The van der Waals surface area contributed by atoms with Gasteiger partial charge in [-0.25, -0.2) is 4.68 Å². The topological polar surface area (TPSA) is 56.2 Å². The third-order valence-corrected chi connectivity index (χ3v) is 4.38. The first-order chi connectivity index (χ1) is 10.2. The second-order valence-corrected chi connectivity index (χ2v) is 5.90. The van der Waals surface area contributed by atoms with Crippen molar-refractivity contribution in [2.24, 2.45) is 5.92 Å². The summed E-state index contributed by atoms with van der Waals surface area (Å²) in [6.07, 6.45) is 6.73. The minimum Gasteiger partial charge on any atom is -0.497 e. The lowest BCUT2D eigenvalue weighted by Crippen LogP contribution is -2.23. The SMILES string of the molecule is CCC1=C(C(=O)Nc2ccnn2C(C)C2CC2)CCCO1. The van der Waals surface area contributed by atoms with E-state index in [0.29, 0.717) is 12.0 Å². The molecule has 1 aromatic rings. The largest absolute Gasteiger partial charge is 0.497 e. The standard InChI is InChI=1S/C16H23N3O2/c1-3-14-13(5-4-10-21-14)16(20)18-15-8-9-17-19(15)11(2)12-6-7-12/h8-9,11-12H,3-7,10H2,1-2H3,(H,18,20). The van der Waals surface area contributed by atoms with Crippen molar-refractivity contribution in [2.75, 3.05) is 11.9 Å². The number of anilines is 1. The number of amides is 1. The minimum absolute atomic E-state index is 0.0451. The van der Waals surface area contributed by atoms with E-state index >= 15 is 0 Å². The number of nitrogens with one attached hydrogen (secondary N) is 1. The van der Waals surface area contributed by atoms with E-state index in [9.17, 15) is 4.79 Å². The summed E-state index contributed by atoms with van der Waals surface area (Å²) < 4.78 is 7.54. The molecule has 1 saturated carbocycles. The minimum atomic E-state index is -0.0451. The summed E-state index contributed by atoms with van der Waals surface area (Å²) in [4.78, 5) is 12.5. The van der Waals surface area contributed by atoms with Crippen LogP contribution in [-0.2, 0) is 9.53 Å². The van der Waals surface area contributed by atoms with Crippen LogP contribution >= 0.6 is 0 Å². The lowest BCUT2D eigenvalue weighted by molar-refractivity contribution is -0.113. The molecule has 0 radical (unpaired) electrons. The van der Waals surface area contributed by atoms with Crippen molar-refractivity contribution in [1.82, 2.24) is 9.78 Å². The van der Waals surface area contributed by atoms with Gasteiger partial charge in [0.25, 0.3) is 5.91 Å². The highest BCUT2D eigenvalue weighted by atomic mass is 16.5. The summed E-state index contributed by atoms with van der Waals surface area (Å²) in [5.41, 5.74) is 0.788. The van der Waals surface area contributed by atoms with Crippen LogP contribution in [0, 0.1) is 5.92 Å². The van der Waals surface area contributed by atoms with Gasteiger partial charge in [-0.15, -0.1) is 0 Å². The number of nitrogens with zero attached hydrogens (tertiary/aromatic N) is 2. The fourth-order valence-electron chi connectivity index (χ4n) is 2.93. The maximum Gasteiger partial charge on any atom is 0.256 e. The second kappa shape index (κ2) is 5.92. The third-order valence-electron chi connectivity index (χ3n) is 4.38. The Kier molecular flexibility index (Phi) is 3.99. The van der Waals surface area contributed by atoms with Crippen molar-refractivity contribution in [3.63, 3.8) is 0 Å². The highest BCUT2D eigenvalue weighted by Gasteiger charge is 2.31. The maximum absolute atomic E-state index is 12.5. The van der Waals surface area contributed by atoms with Crippen LogP contribution in [0.2, 0.25) is 0 Å². The molecule has 114 valence electrons. The monoisotopic (exact) mass is 289 g/mol. The summed E-state index contributed by atoms with van der Waals surface area (Å²) in [5.74, 6) is 2.27. The predicted molar refractivity (Wildman–Crippen MR) is 80.8 cm³/mol. The van der Waals surface area contributed by atoms with Gasteiger partial charge in [-0.3, -0.25) is 4.79 Å². The quantitative estimate of drug-likeness (QED) is 0.905. The first kappa shape index (κ1) is 14.2. The molecule has 3 rings (SSSR count). The fraction of sp³-hybridized carbons (Fsp3) is 0.625. The van der Waals surface area contributed by atoms with Crippen LogP contribution in [0.15, 0.2) is 23.6 Å². The van der Waals surface area contributed by atoms with Crippen LogP contribution < -0.4 is 5.32 Å². The van der Waals surface area contributed by atoms with Gasteiger partial charge in [0.15, 0.2) is 0 Å². The summed E-state index contributed by atoms with van der Waals surface area (Å²) in [6, 6.07) is 2.21. The van der Waals surface area contributed by atoms with E-state index in [4.69, 9.17) is 4.74 Å². The molecule has 1 N–H and O–H groups in total. The molecule has 1 amide bonds. The van der Waals surface area contributed by atoms with Crippen molar-refractivity contribution in [2.45, 2.75) is 52.0 Å². The van der Waals surface area contributed by atoms with Gasteiger partial charge in [0.2, 0.25) is 0 Å². The number of ether oxygens (including phenoxy) is 1. The Labute approximate surface area is 125 Å². The molecule has 1 unspecified atom stereocenters. The molecule has 0 spiro atoms. The van der Waals surface area contributed by atoms with E-state index in [-0.39, 0.29) is 5.91 Å². The van der Waals surface area contributed by atoms with Gasteiger partial charge < -0.3 is 10.1 Å². The summed E-state index contributed by atoms with van der Waals surface area (Å²) in [5, 5.41) is 7.38. The van der Waals surface area contributed by atoms with Crippen LogP contribution in [0.4, 0.5) is 5.82 Å². The van der Waals surface area contributed by atoms with Gasteiger partial charge in [0.1, 0.15) is 11.6 Å². The Hall–Kier alpha value is -1.78. The third kappa shape index (κ3) is 2.96. The number of carbonyl (C=O) groups excluding carboxylic acids is 1. The highest BCUT2D eigenvalue weighted by molar-refractivity contribution is 6.03. The van der Waals surface area contributed by atoms with Crippen molar-refractivity contribution < 1.29 is 9.53 Å². The van der Waals surface area contributed by atoms with Gasteiger partial charge in [-0.2, -0.15) is 5.10 Å². The molecule has 0 saturated heterocycles. The first-order valence-electron chi connectivity index (χ1n) is 7.90. The Morgan fingerprint density at radius 3 is 3.10 bits per heavy atom. The molecule has 1 atom stereocenters. The zero-order valence-electron chi connectivity index (χ0n) is 12.8. The molecule has 5 heteroatoms. The zero-order chi connectivity index (χ0) is 14.8. The molecule has 2 aliphatic rings. The van der Waals surface area contributed by atoms with E-state index < -0.39 is 0 Å². The van der Waals surface area contributed by atoms with Gasteiger partial charge in [0.05, 0.1) is 24.4 Å². The van der Waals surface area contributed by atoms with Gasteiger partial charge in [-0.1, -0.05) is 6.92 Å². The van der Waals surface area contributed by atoms with E-state index in [0.717, 1.165) is 43.0 Å². The van der Waals surface area contributed by atoms with Crippen LogP contribution in [0.3, 0.4) is 0 Å². The molecule has 1 aromatic heterocycles. The van der Waals surface area contributed by atoms with Crippen molar-refractivity contribution in [3.05, 3.63) is 23.6 Å². The van der Waals surface area contributed by atoms with E-state index in [2.05, 4.69) is 17.3 Å². The molecule has 0 bridgehead atoms. The molecule has 0 aromatic carbocycles. The lowest BCUT2D eigenvalue weighted by atomic mass is 10.0. The van der Waals surface area contributed by atoms with Crippen LogP contribution in [0.5, 0.6) is 0 Å². The highest BCUT2D eigenvalue weighted by Crippen LogP contribution is 2.40. The van der Waals surface area contributed by atoms with E-state index in [1.54, 1.807) is 6.20 Å². The Morgan fingerprint density at radius 2 is 2.38 bits per heavy atom. The van der Waals surface area contributed by atoms with Gasteiger partial charge >= 0.3 is 0 Å². The van der Waals surface area contributed by atoms with E-state index in [1.165, 1.54) is 12.8 Å². The van der Waals surface area contributed by atoms with E-state index in [1.807, 2.05) is 17.7 Å². The first-order valence-corrected chi connectivity index (χ1v) is 7.90. The summed E-state index contributed by atoms with van der Waals surface area (Å²) in [7, 11) is 0. The zero-order valence-corrected chi connectivity index (χ0v) is 12.8. The number of carbonyl (C=O) groups is 1. The Morgan fingerprint density at radius 1 is 1.57 bits per heavy atom. The van der Waals surface area contributed by atoms with Crippen LogP contribution in [0.25, 0.3) is 0 Å². The van der Waals surface area contributed by atoms with Crippen LogP contribution in [-0.4, -0.2) is 22.3 Å². The van der Waals surface area contributed by atoms with Crippen molar-refractivity contribution in [1.29, 1.82) is 0 Å². The normalized spacial score (nSPS) is 20.1. The average molecular weight is 289 g/mol. The number of hydrogen-bond acceptors (Lipinski definition) is 3. The molecule has 1 aliphatic heterocycles. The van der Waals surface area contributed by atoms with Gasteiger partial charge in [-0.05, 0) is 38.5 Å². The lowest BCUT2D eigenvalue weighted by Gasteiger charge is -2.21. The van der Waals surface area contributed by atoms with Crippen molar-refractivity contribution in [3.8, 4) is 0 Å². The molecule has 21 heavy (non-hydrogen) atoms. The Balaban J connectivity index is 1.75. The molecular weight excluding hydrogens is 266 g/mol. The molecule has 2 heterocycles. The van der Waals surface area contributed by atoms with Gasteiger partial charge in [0, 0.05) is 12.5 Å². The molecular formula is C16H23N3O2. The molecule has 1 aliphatic carbocycles. The van der Waals surface area contributed by atoms with Crippen LogP contribution in [0.1, 0.15) is 52.0 Å². The average Bonchev–Trinajstić information content (AvgIpc) is 3.26. The fourth-order valence-corrected chi connectivity index (χ4v) is 2.93. The molecule has 5 nitrogen and oxygen atoms in total. The summed E-state index contributed by atoms with van der Waals surface area (Å²) in [6.45, 7) is 4.91. The smallest absolute Gasteiger partial charge is 0.256 e. The second-order valence-electron chi connectivity index (χ2n) is 5.90. The number of hydrogen-bond donors (Lipinski definition) is 1. The molecule has 1 fully saturated rings.